The van der Waals surface area contributed by atoms with Crippen LogP contribution in [0.1, 0.15) is 60.8 Å². The highest BCUT2D eigenvalue weighted by Crippen LogP contribution is 2.71. The van der Waals surface area contributed by atoms with E-state index >= 15 is 0 Å². The number of hydrogen-bond acceptors (Lipinski definition) is 6. The van der Waals surface area contributed by atoms with Crippen molar-refractivity contribution in [2.75, 3.05) is 7.11 Å². The Morgan fingerprint density at radius 1 is 1.04 bits per heavy atom. The molecule has 0 heterocycles. The van der Waals surface area contributed by atoms with E-state index in [0.717, 1.165) is 6.42 Å². The van der Waals surface area contributed by atoms with Gasteiger partial charge in [0.25, 0.3) is 0 Å². The van der Waals surface area contributed by atoms with E-state index < -0.39 is 28.6 Å². The fraction of sp³-hybridized carbons (Fsp3) is 0.905. The van der Waals surface area contributed by atoms with Crippen molar-refractivity contribution in [2.24, 2.45) is 28.6 Å². The van der Waals surface area contributed by atoms with Crippen molar-refractivity contribution in [1.82, 2.24) is 0 Å². The Bertz CT molecular complexity index is 630. The molecule has 0 amide bonds. The van der Waals surface area contributed by atoms with Gasteiger partial charge in [-0.3, -0.25) is 9.59 Å². The van der Waals surface area contributed by atoms with Crippen LogP contribution in [0.4, 0.5) is 0 Å². The number of methoxy groups -OCH3 is 1. The first-order valence-electron chi connectivity index (χ1n) is 10.0. The van der Waals surface area contributed by atoms with Crippen LogP contribution in [0.2, 0.25) is 0 Å². The Balaban J connectivity index is 2.19. The predicted octanol–water partition coefficient (Wildman–Crippen LogP) is 2.71. The van der Waals surface area contributed by atoms with Gasteiger partial charge in [0.15, 0.2) is 0 Å². The zero-order chi connectivity index (χ0) is 20.4. The minimum absolute atomic E-state index is 0.0641. The maximum absolute atomic E-state index is 12.4. The molecule has 0 radical (unpaired) electrons. The Hall–Kier alpha value is -1.14. The second kappa shape index (κ2) is 6.45. The lowest BCUT2D eigenvalue weighted by Gasteiger charge is -2.60. The van der Waals surface area contributed by atoms with Crippen LogP contribution < -0.4 is 0 Å². The van der Waals surface area contributed by atoms with Crippen LogP contribution in [0.3, 0.4) is 0 Å². The standard InChI is InChI=1S/C21H34O6/c1-11-10-15(26-12(2)22)17-19(4,5)18(27-13(3)23)20(6)9-8-14(25-7)16(11)21(17,20)24/h11,14-18,24H,8-10H2,1-7H3/t11-,14+,15+,16-,17+,18-,20+,21-/m1/s1. The zero-order valence-electron chi connectivity index (χ0n) is 17.6. The molecule has 3 rings (SSSR count). The normalized spacial score (nSPS) is 47.9. The molecule has 0 saturated heterocycles. The summed E-state index contributed by atoms with van der Waals surface area (Å²) in [5, 5.41) is 12.4. The molecule has 3 aliphatic carbocycles. The number of ether oxygens (including phenoxy) is 3. The molecule has 0 aromatic carbocycles. The second-order valence-corrected chi connectivity index (χ2v) is 9.73. The number of hydrogen-bond donors (Lipinski definition) is 1. The zero-order valence-corrected chi connectivity index (χ0v) is 17.6. The summed E-state index contributed by atoms with van der Waals surface area (Å²) in [6.07, 6.45) is 1.23. The molecule has 0 spiro atoms. The van der Waals surface area contributed by atoms with E-state index in [1.54, 1.807) is 7.11 Å². The van der Waals surface area contributed by atoms with Crippen LogP contribution in [0, 0.1) is 28.6 Å². The van der Waals surface area contributed by atoms with Crippen LogP contribution in [0.15, 0.2) is 0 Å². The van der Waals surface area contributed by atoms with Crippen molar-refractivity contribution in [3.05, 3.63) is 0 Å². The average Bonchev–Trinajstić information content (AvgIpc) is 2.65. The Morgan fingerprint density at radius 2 is 1.63 bits per heavy atom. The lowest BCUT2D eigenvalue weighted by atomic mass is 9.50. The summed E-state index contributed by atoms with van der Waals surface area (Å²) in [7, 11) is 1.69. The van der Waals surface area contributed by atoms with Gasteiger partial charge in [0.2, 0.25) is 0 Å². The van der Waals surface area contributed by atoms with E-state index in [9.17, 15) is 14.7 Å². The molecule has 8 atom stereocenters. The average molecular weight is 382 g/mol. The third-order valence-electron chi connectivity index (χ3n) is 7.79. The highest BCUT2D eigenvalue weighted by molar-refractivity contribution is 5.67. The Labute approximate surface area is 161 Å². The first-order chi connectivity index (χ1) is 12.4. The summed E-state index contributed by atoms with van der Waals surface area (Å²) >= 11 is 0. The first-order valence-corrected chi connectivity index (χ1v) is 10.0. The van der Waals surface area contributed by atoms with E-state index in [2.05, 4.69) is 6.92 Å². The van der Waals surface area contributed by atoms with Gasteiger partial charge in [-0.05, 0) is 25.2 Å². The fourth-order valence-corrected chi connectivity index (χ4v) is 7.19. The lowest BCUT2D eigenvalue weighted by Crippen LogP contribution is -2.68. The molecule has 154 valence electrons. The van der Waals surface area contributed by atoms with E-state index in [4.69, 9.17) is 14.2 Å². The summed E-state index contributed by atoms with van der Waals surface area (Å²) in [4.78, 5) is 23.7. The largest absolute Gasteiger partial charge is 0.462 e. The molecule has 3 saturated carbocycles. The van der Waals surface area contributed by atoms with E-state index in [-0.39, 0.29) is 35.8 Å². The van der Waals surface area contributed by atoms with Crippen molar-refractivity contribution in [2.45, 2.75) is 84.7 Å². The highest BCUT2D eigenvalue weighted by Gasteiger charge is 2.79. The van der Waals surface area contributed by atoms with Crippen LogP contribution in [0.5, 0.6) is 0 Å². The fourth-order valence-electron chi connectivity index (χ4n) is 7.19. The van der Waals surface area contributed by atoms with Crippen molar-refractivity contribution in [1.29, 1.82) is 0 Å². The van der Waals surface area contributed by atoms with Gasteiger partial charge in [-0.2, -0.15) is 0 Å². The van der Waals surface area contributed by atoms with Crippen LogP contribution >= 0.6 is 0 Å². The molecule has 6 nitrogen and oxygen atoms in total. The number of carbonyl (C=O) groups excluding carboxylic acids is 2. The van der Waals surface area contributed by atoms with Gasteiger partial charge in [-0.15, -0.1) is 0 Å². The molecule has 0 bridgehead atoms. The van der Waals surface area contributed by atoms with Gasteiger partial charge in [0.1, 0.15) is 12.2 Å². The monoisotopic (exact) mass is 382 g/mol. The van der Waals surface area contributed by atoms with Gasteiger partial charge >= 0.3 is 11.9 Å². The third kappa shape index (κ3) is 2.66. The minimum atomic E-state index is -1.15. The maximum Gasteiger partial charge on any atom is 0.302 e. The quantitative estimate of drug-likeness (QED) is 0.756. The molecular formula is C21H34O6. The molecule has 0 aromatic heterocycles. The van der Waals surface area contributed by atoms with Gasteiger partial charge in [0.05, 0.1) is 11.7 Å². The van der Waals surface area contributed by atoms with Crippen molar-refractivity contribution < 1.29 is 28.9 Å². The second-order valence-electron chi connectivity index (χ2n) is 9.73. The van der Waals surface area contributed by atoms with E-state index in [0.29, 0.717) is 12.8 Å². The van der Waals surface area contributed by atoms with Crippen molar-refractivity contribution >= 4 is 11.9 Å². The molecule has 3 fully saturated rings. The van der Waals surface area contributed by atoms with Crippen LogP contribution in [-0.4, -0.2) is 48.1 Å². The van der Waals surface area contributed by atoms with Gasteiger partial charge in [-0.25, -0.2) is 0 Å². The SMILES string of the molecule is CO[C@H]1CC[C@@]2(C)[C@H](OC(C)=O)C(C)(C)[C@@H]3[C@@H](OC(C)=O)C[C@@H](C)[C@H]1[C@@]32O. The lowest BCUT2D eigenvalue weighted by molar-refractivity contribution is -0.256. The van der Waals surface area contributed by atoms with E-state index in [1.165, 1.54) is 13.8 Å². The summed E-state index contributed by atoms with van der Waals surface area (Å²) < 4.78 is 17.4. The smallest absolute Gasteiger partial charge is 0.302 e. The molecular weight excluding hydrogens is 348 g/mol. The summed E-state index contributed by atoms with van der Waals surface area (Å²) in [5.41, 5.74) is -2.32. The summed E-state index contributed by atoms with van der Waals surface area (Å²) in [6.45, 7) is 11.0. The van der Waals surface area contributed by atoms with Crippen molar-refractivity contribution in [3.8, 4) is 0 Å². The van der Waals surface area contributed by atoms with E-state index in [1.807, 2.05) is 20.8 Å². The molecule has 1 N–H and O–H groups in total. The molecule has 0 aliphatic heterocycles. The van der Waals surface area contributed by atoms with Gasteiger partial charge in [-0.1, -0.05) is 27.7 Å². The molecule has 0 aromatic rings. The predicted molar refractivity (Wildman–Crippen MR) is 98.7 cm³/mol. The highest BCUT2D eigenvalue weighted by atomic mass is 16.6. The molecule has 6 heteroatoms. The third-order valence-corrected chi connectivity index (χ3v) is 7.79. The Kier molecular flexibility index (Phi) is 4.92. The number of esters is 2. The number of rotatable bonds is 3. The van der Waals surface area contributed by atoms with Crippen molar-refractivity contribution in [3.63, 3.8) is 0 Å². The number of carbonyl (C=O) groups is 2. The minimum Gasteiger partial charge on any atom is -0.462 e. The topological polar surface area (TPSA) is 82.1 Å². The van der Waals surface area contributed by atoms with Crippen LogP contribution in [0.25, 0.3) is 0 Å². The Morgan fingerprint density at radius 3 is 2.15 bits per heavy atom. The van der Waals surface area contributed by atoms with Gasteiger partial charge in [0, 0.05) is 43.6 Å². The first kappa shape index (κ1) is 20.6. The number of aliphatic hydroxyl groups is 1. The molecule has 0 unspecified atom stereocenters. The molecule has 3 aliphatic rings. The van der Waals surface area contributed by atoms with Gasteiger partial charge < -0.3 is 19.3 Å². The summed E-state index contributed by atoms with van der Waals surface area (Å²) in [5.74, 6) is -1.01. The maximum atomic E-state index is 12.4. The van der Waals surface area contributed by atoms with Crippen LogP contribution in [-0.2, 0) is 23.8 Å². The summed E-state index contributed by atoms with van der Waals surface area (Å²) in [6, 6.07) is 0. The molecule has 27 heavy (non-hydrogen) atoms.